The van der Waals surface area contributed by atoms with E-state index in [1.807, 2.05) is 14.0 Å². The molecule has 0 fully saturated rings. The van der Waals surface area contributed by atoms with Crippen LogP contribution in [0.1, 0.15) is 30.9 Å². The van der Waals surface area contributed by atoms with Crippen LogP contribution in [0.3, 0.4) is 0 Å². The van der Waals surface area contributed by atoms with Crippen LogP contribution in [0.5, 0.6) is 0 Å². The average molecular weight is 234 g/mol. The van der Waals surface area contributed by atoms with Crippen LogP contribution in [-0.4, -0.2) is 23.9 Å². The van der Waals surface area contributed by atoms with Crippen LogP contribution in [0.2, 0.25) is 0 Å². The van der Waals surface area contributed by atoms with Gasteiger partial charge in [-0.15, -0.1) is 0 Å². The van der Waals surface area contributed by atoms with Crippen molar-refractivity contribution in [1.82, 2.24) is 4.90 Å². The van der Waals surface area contributed by atoms with Gasteiger partial charge in [0, 0.05) is 26.1 Å². The second-order valence-electron chi connectivity index (χ2n) is 4.61. The highest BCUT2D eigenvalue weighted by Gasteiger charge is 2.12. The van der Waals surface area contributed by atoms with Crippen molar-refractivity contribution in [3.63, 3.8) is 0 Å². The molecule has 94 valence electrons. The standard InChI is InChI=1S/C14H22N2O/c1-4-13(15)9-14(17)16(3)10-12-7-5-11(2)6-8-12/h5-8,13H,4,9-10,15H2,1-3H3. The van der Waals surface area contributed by atoms with Gasteiger partial charge in [-0.1, -0.05) is 36.8 Å². The first-order valence-corrected chi connectivity index (χ1v) is 6.08. The number of carbonyl (C=O) groups is 1. The molecule has 1 unspecified atom stereocenters. The van der Waals surface area contributed by atoms with Gasteiger partial charge in [-0.05, 0) is 18.9 Å². The molecule has 1 rings (SSSR count). The molecule has 1 atom stereocenters. The first kappa shape index (κ1) is 13.7. The van der Waals surface area contributed by atoms with Gasteiger partial charge in [-0.2, -0.15) is 0 Å². The lowest BCUT2D eigenvalue weighted by atomic mass is 10.1. The molecule has 0 aromatic heterocycles. The van der Waals surface area contributed by atoms with Crippen molar-refractivity contribution >= 4 is 5.91 Å². The lowest BCUT2D eigenvalue weighted by molar-refractivity contribution is -0.130. The van der Waals surface area contributed by atoms with E-state index in [0.717, 1.165) is 12.0 Å². The molecule has 0 saturated carbocycles. The minimum atomic E-state index is -0.0250. The predicted molar refractivity (Wildman–Crippen MR) is 70.5 cm³/mol. The first-order valence-electron chi connectivity index (χ1n) is 6.08. The fraction of sp³-hybridized carbons (Fsp3) is 0.500. The summed E-state index contributed by atoms with van der Waals surface area (Å²) in [4.78, 5) is 13.6. The largest absolute Gasteiger partial charge is 0.341 e. The van der Waals surface area contributed by atoms with Gasteiger partial charge >= 0.3 is 0 Å². The van der Waals surface area contributed by atoms with Crippen molar-refractivity contribution in [2.75, 3.05) is 7.05 Å². The fourth-order valence-corrected chi connectivity index (χ4v) is 1.58. The fourth-order valence-electron chi connectivity index (χ4n) is 1.58. The third-order valence-electron chi connectivity index (χ3n) is 2.93. The summed E-state index contributed by atoms with van der Waals surface area (Å²) >= 11 is 0. The van der Waals surface area contributed by atoms with Gasteiger partial charge in [0.25, 0.3) is 0 Å². The van der Waals surface area contributed by atoms with E-state index in [9.17, 15) is 4.79 Å². The van der Waals surface area contributed by atoms with Gasteiger partial charge in [0.05, 0.1) is 0 Å². The van der Waals surface area contributed by atoms with E-state index in [4.69, 9.17) is 5.73 Å². The summed E-state index contributed by atoms with van der Waals surface area (Å²) in [6.45, 7) is 4.70. The summed E-state index contributed by atoms with van der Waals surface area (Å²) in [6, 6.07) is 8.21. The molecular formula is C14H22N2O. The highest BCUT2D eigenvalue weighted by atomic mass is 16.2. The molecular weight excluding hydrogens is 212 g/mol. The Morgan fingerprint density at radius 2 is 1.94 bits per heavy atom. The van der Waals surface area contributed by atoms with Gasteiger partial charge in [0.1, 0.15) is 0 Å². The second kappa shape index (κ2) is 6.40. The average Bonchev–Trinajstić information content (AvgIpc) is 2.31. The highest BCUT2D eigenvalue weighted by molar-refractivity contribution is 5.76. The molecule has 17 heavy (non-hydrogen) atoms. The topological polar surface area (TPSA) is 46.3 Å². The maximum atomic E-state index is 11.8. The van der Waals surface area contributed by atoms with E-state index in [1.54, 1.807) is 4.90 Å². The SMILES string of the molecule is CCC(N)CC(=O)N(C)Cc1ccc(C)cc1. The van der Waals surface area contributed by atoms with Crippen LogP contribution in [0.25, 0.3) is 0 Å². The van der Waals surface area contributed by atoms with Gasteiger partial charge in [-0.3, -0.25) is 4.79 Å². The van der Waals surface area contributed by atoms with E-state index < -0.39 is 0 Å². The molecule has 1 amide bonds. The van der Waals surface area contributed by atoms with Gasteiger partial charge in [0.2, 0.25) is 5.91 Å². The van der Waals surface area contributed by atoms with Crippen LogP contribution < -0.4 is 5.73 Å². The number of aryl methyl sites for hydroxylation is 1. The van der Waals surface area contributed by atoms with Crippen LogP contribution in [0, 0.1) is 6.92 Å². The van der Waals surface area contributed by atoms with Crippen LogP contribution in [-0.2, 0) is 11.3 Å². The predicted octanol–water partition coefficient (Wildman–Crippen LogP) is 2.08. The number of rotatable bonds is 5. The second-order valence-corrected chi connectivity index (χ2v) is 4.61. The van der Waals surface area contributed by atoms with Crippen LogP contribution in [0.15, 0.2) is 24.3 Å². The Labute approximate surface area is 104 Å². The van der Waals surface area contributed by atoms with Gasteiger partial charge < -0.3 is 10.6 Å². The van der Waals surface area contributed by atoms with E-state index in [2.05, 4.69) is 31.2 Å². The summed E-state index contributed by atoms with van der Waals surface area (Å²) in [5, 5.41) is 0. The molecule has 3 heteroatoms. The molecule has 1 aromatic carbocycles. The molecule has 0 heterocycles. The number of hydrogen-bond acceptors (Lipinski definition) is 2. The van der Waals surface area contributed by atoms with Crippen molar-refractivity contribution in [2.45, 2.75) is 39.3 Å². The molecule has 0 saturated heterocycles. The molecule has 2 N–H and O–H groups in total. The molecule has 0 radical (unpaired) electrons. The quantitative estimate of drug-likeness (QED) is 0.848. The maximum absolute atomic E-state index is 11.8. The lowest BCUT2D eigenvalue weighted by Gasteiger charge is -2.19. The van der Waals surface area contributed by atoms with Crippen molar-refractivity contribution in [1.29, 1.82) is 0 Å². The Morgan fingerprint density at radius 3 is 2.47 bits per heavy atom. The lowest BCUT2D eigenvalue weighted by Crippen LogP contribution is -2.32. The minimum Gasteiger partial charge on any atom is -0.341 e. The Hall–Kier alpha value is -1.35. The smallest absolute Gasteiger partial charge is 0.224 e. The number of hydrogen-bond donors (Lipinski definition) is 1. The van der Waals surface area contributed by atoms with Crippen molar-refractivity contribution in [3.8, 4) is 0 Å². The number of carbonyl (C=O) groups excluding carboxylic acids is 1. The third kappa shape index (κ3) is 4.57. The third-order valence-corrected chi connectivity index (χ3v) is 2.93. The summed E-state index contributed by atoms with van der Waals surface area (Å²) in [6.07, 6.45) is 1.27. The first-order chi connectivity index (χ1) is 8.02. The number of nitrogens with two attached hydrogens (primary N) is 1. The van der Waals surface area contributed by atoms with Gasteiger partial charge in [0.15, 0.2) is 0 Å². The van der Waals surface area contributed by atoms with Crippen molar-refractivity contribution in [3.05, 3.63) is 35.4 Å². The van der Waals surface area contributed by atoms with Gasteiger partial charge in [-0.25, -0.2) is 0 Å². The van der Waals surface area contributed by atoms with Crippen LogP contribution >= 0.6 is 0 Å². The Bertz CT molecular complexity index is 359. The molecule has 0 aliphatic carbocycles. The number of benzene rings is 1. The van der Waals surface area contributed by atoms with E-state index in [-0.39, 0.29) is 11.9 Å². The maximum Gasteiger partial charge on any atom is 0.224 e. The summed E-state index contributed by atoms with van der Waals surface area (Å²) in [7, 11) is 1.82. The minimum absolute atomic E-state index is 0.0250. The normalized spacial score (nSPS) is 12.2. The zero-order valence-electron chi connectivity index (χ0n) is 10.9. The molecule has 1 aromatic rings. The molecule has 0 bridgehead atoms. The number of amides is 1. The Morgan fingerprint density at radius 1 is 1.35 bits per heavy atom. The molecule has 3 nitrogen and oxygen atoms in total. The van der Waals surface area contributed by atoms with E-state index >= 15 is 0 Å². The summed E-state index contributed by atoms with van der Waals surface area (Å²) in [5.74, 6) is 0.111. The molecule has 0 spiro atoms. The monoisotopic (exact) mass is 234 g/mol. The van der Waals surface area contributed by atoms with Crippen LogP contribution in [0.4, 0.5) is 0 Å². The van der Waals surface area contributed by atoms with E-state index in [1.165, 1.54) is 5.56 Å². The Kier molecular flexibility index (Phi) is 5.16. The van der Waals surface area contributed by atoms with E-state index in [0.29, 0.717) is 13.0 Å². The Balaban J connectivity index is 2.51. The summed E-state index contributed by atoms with van der Waals surface area (Å²) in [5.41, 5.74) is 8.16. The summed E-state index contributed by atoms with van der Waals surface area (Å²) < 4.78 is 0. The van der Waals surface area contributed by atoms with Crippen molar-refractivity contribution in [2.24, 2.45) is 5.73 Å². The number of nitrogens with zero attached hydrogens (tertiary/aromatic N) is 1. The zero-order chi connectivity index (χ0) is 12.8. The molecule has 0 aliphatic rings. The zero-order valence-corrected chi connectivity index (χ0v) is 10.9. The van der Waals surface area contributed by atoms with Crippen molar-refractivity contribution < 1.29 is 4.79 Å². The molecule has 0 aliphatic heterocycles. The highest BCUT2D eigenvalue weighted by Crippen LogP contribution is 2.07.